The van der Waals surface area contributed by atoms with Crippen molar-refractivity contribution in [3.8, 4) is 0 Å². The van der Waals surface area contributed by atoms with E-state index in [0.29, 0.717) is 19.0 Å². The van der Waals surface area contributed by atoms with E-state index in [1.807, 2.05) is 4.90 Å². The highest BCUT2D eigenvalue weighted by molar-refractivity contribution is 5.32. The van der Waals surface area contributed by atoms with E-state index in [1.165, 1.54) is 18.2 Å². The fraction of sp³-hybridized carbons (Fsp3) is 0.667. The maximum absolute atomic E-state index is 14.9. The van der Waals surface area contributed by atoms with Crippen molar-refractivity contribution in [1.82, 2.24) is 10.2 Å². The number of hydrogen-bond donors (Lipinski definition) is 1. The number of nitrogens with zero attached hydrogens (tertiary/aromatic N) is 1. The van der Waals surface area contributed by atoms with Gasteiger partial charge in [0.25, 0.3) is 5.92 Å². The standard InChI is InChI=1S/C18H30F2N2/c1-6-9-16(7-2)18(19,20)17(4,5)22-12-10-15(11-13-22)14-21-8-3/h6-7,9,15,21H,1-2,8,10-14H2,3-5H3/b16-9+. The lowest BCUT2D eigenvalue weighted by Crippen LogP contribution is -2.59. The van der Waals surface area contributed by atoms with Gasteiger partial charge in [0, 0.05) is 5.57 Å². The van der Waals surface area contributed by atoms with Crippen molar-refractivity contribution in [3.63, 3.8) is 0 Å². The molecule has 0 aromatic heterocycles. The molecule has 0 aliphatic carbocycles. The molecule has 1 aliphatic rings. The Kier molecular flexibility index (Phi) is 6.95. The number of likely N-dealkylation sites (tertiary alicyclic amines) is 1. The van der Waals surface area contributed by atoms with E-state index in [2.05, 4.69) is 25.4 Å². The summed E-state index contributed by atoms with van der Waals surface area (Å²) in [5, 5.41) is 3.35. The van der Waals surface area contributed by atoms with Crippen LogP contribution in [0.15, 0.2) is 37.0 Å². The van der Waals surface area contributed by atoms with Crippen LogP contribution >= 0.6 is 0 Å². The summed E-state index contributed by atoms with van der Waals surface area (Å²) in [5.74, 6) is -2.37. The van der Waals surface area contributed by atoms with Gasteiger partial charge in [-0.3, -0.25) is 4.90 Å². The molecule has 0 unspecified atom stereocenters. The summed E-state index contributed by atoms with van der Waals surface area (Å²) in [6.07, 6.45) is 5.90. The van der Waals surface area contributed by atoms with Crippen LogP contribution in [0.1, 0.15) is 33.6 Å². The molecule has 0 amide bonds. The third-order valence-electron chi connectivity index (χ3n) is 4.74. The van der Waals surface area contributed by atoms with Crippen molar-refractivity contribution < 1.29 is 8.78 Å². The lowest BCUT2D eigenvalue weighted by Gasteiger charge is -2.47. The van der Waals surface area contributed by atoms with Crippen LogP contribution in [0.5, 0.6) is 0 Å². The van der Waals surface area contributed by atoms with Crippen molar-refractivity contribution in [2.45, 2.75) is 45.1 Å². The van der Waals surface area contributed by atoms with Crippen molar-refractivity contribution in [3.05, 3.63) is 37.0 Å². The van der Waals surface area contributed by atoms with Gasteiger partial charge < -0.3 is 5.32 Å². The molecule has 0 bridgehead atoms. The molecule has 0 aromatic carbocycles. The predicted octanol–water partition coefficient (Wildman–Crippen LogP) is 4.02. The molecule has 0 radical (unpaired) electrons. The lowest BCUT2D eigenvalue weighted by atomic mass is 9.84. The molecule has 1 saturated heterocycles. The monoisotopic (exact) mass is 312 g/mol. The molecule has 0 spiro atoms. The molecule has 0 atom stereocenters. The van der Waals surface area contributed by atoms with Gasteiger partial charge in [-0.05, 0) is 58.8 Å². The minimum Gasteiger partial charge on any atom is -0.317 e. The second-order valence-corrected chi connectivity index (χ2v) is 6.43. The van der Waals surface area contributed by atoms with E-state index in [1.54, 1.807) is 13.8 Å². The smallest absolute Gasteiger partial charge is 0.290 e. The van der Waals surface area contributed by atoms with Crippen LogP contribution in [0.25, 0.3) is 0 Å². The predicted molar refractivity (Wildman–Crippen MR) is 90.3 cm³/mol. The first-order valence-electron chi connectivity index (χ1n) is 8.10. The van der Waals surface area contributed by atoms with Gasteiger partial charge >= 0.3 is 0 Å². The third-order valence-corrected chi connectivity index (χ3v) is 4.74. The van der Waals surface area contributed by atoms with Crippen molar-refractivity contribution in [2.75, 3.05) is 26.2 Å². The Morgan fingerprint density at radius 3 is 2.32 bits per heavy atom. The van der Waals surface area contributed by atoms with Crippen LogP contribution in [0.4, 0.5) is 8.78 Å². The number of halogens is 2. The van der Waals surface area contributed by atoms with E-state index >= 15 is 0 Å². The highest BCUT2D eigenvalue weighted by atomic mass is 19.3. The fourth-order valence-electron chi connectivity index (χ4n) is 3.02. The van der Waals surface area contributed by atoms with Crippen LogP contribution in [-0.4, -0.2) is 42.5 Å². The number of alkyl halides is 2. The zero-order valence-electron chi connectivity index (χ0n) is 14.2. The molecule has 1 fully saturated rings. The van der Waals surface area contributed by atoms with Gasteiger partial charge in [-0.15, -0.1) is 0 Å². The first-order chi connectivity index (χ1) is 10.3. The molecular weight excluding hydrogens is 282 g/mol. The molecule has 4 heteroatoms. The Hall–Kier alpha value is -1.00. The Balaban J connectivity index is 2.80. The first kappa shape index (κ1) is 19.0. The number of piperidine rings is 1. The quantitative estimate of drug-likeness (QED) is 0.681. The van der Waals surface area contributed by atoms with Gasteiger partial charge in [-0.25, -0.2) is 0 Å². The summed E-state index contributed by atoms with van der Waals surface area (Å²) in [6.45, 7) is 15.7. The average molecular weight is 312 g/mol. The minimum atomic E-state index is -2.96. The summed E-state index contributed by atoms with van der Waals surface area (Å²) < 4.78 is 29.8. The average Bonchev–Trinajstić information content (AvgIpc) is 2.50. The number of nitrogens with one attached hydrogen (secondary N) is 1. The highest BCUT2D eigenvalue weighted by Crippen LogP contribution is 2.41. The van der Waals surface area contributed by atoms with Gasteiger partial charge in [-0.2, -0.15) is 8.78 Å². The molecule has 126 valence electrons. The number of allylic oxidation sites excluding steroid dienone is 3. The van der Waals surface area contributed by atoms with Crippen LogP contribution in [0, 0.1) is 5.92 Å². The molecule has 1 N–H and O–H groups in total. The SMILES string of the molecule is C=C/C=C(\C=C)C(F)(F)C(C)(C)N1CCC(CNCC)CC1. The second kappa shape index (κ2) is 8.02. The Labute approximate surface area is 134 Å². The fourth-order valence-corrected chi connectivity index (χ4v) is 3.02. The summed E-state index contributed by atoms with van der Waals surface area (Å²) in [6, 6.07) is 0. The minimum absolute atomic E-state index is 0.0673. The highest BCUT2D eigenvalue weighted by Gasteiger charge is 2.52. The van der Waals surface area contributed by atoms with E-state index < -0.39 is 11.5 Å². The van der Waals surface area contributed by atoms with Gasteiger partial charge in [-0.1, -0.05) is 38.3 Å². The molecule has 0 saturated carbocycles. The van der Waals surface area contributed by atoms with E-state index in [-0.39, 0.29) is 5.57 Å². The first-order valence-corrected chi connectivity index (χ1v) is 8.10. The molecule has 1 aliphatic heterocycles. The van der Waals surface area contributed by atoms with Gasteiger partial charge in [0.1, 0.15) is 0 Å². The van der Waals surface area contributed by atoms with E-state index in [4.69, 9.17) is 0 Å². The molecule has 0 aromatic rings. The normalized spacial score (nSPS) is 19.2. The summed E-state index contributed by atoms with van der Waals surface area (Å²) in [5.41, 5.74) is -1.30. The van der Waals surface area contributed by atoms with Crippen molar-refractivity contribution in [2.24, 2.45) is 5.92 Å². The molecule has 2 nitrogen and oxygen atoms in total. The largest absolute Gasteiger partial charge is 0.317 e. The topological polar surface area (TPSA) is 15.3 Å². The second-order valence-electron chi connectivity index (χ2n) is 6.43. The van der Waals surface area contributed by atoms with Crippen molar-refractivity contribution >= 4 is 0 Å². The summed E-state index contributed by atoms with van der Waals surface area (Å²) in [4.78, 5) is 1.91. The Morgan fingerprint density at radius 2 is 1.86 bits per heavy atom. The molecule has 1 heterocycles. The summed E-state index contributed by atoms with van der Waals surface area (Å²) in [7, 11) is 0. The van der Waals surface area contributed by atoms with Gasteiger partial charge in [0.15, 0.2) is 0 Å². The zero-order valence-corrected chi connectivity index (χ0v) is 14.2. The third kappa shape index (κ3) is 4.05. The van der Waals surface area contributed by atoms with Gasteiger partial charge in [0.05, 0.1) is 5.54 Å². The summed E-state index contributed by atoms with van der Waals surface area (Å²) >= 11 is 0. The lowest BCUT2D eigenvalue weighted by molar-refractivity contribution is -0.107. The van der Waals surface area contributed by atoms with Crippen LogP contribution in [0.2, 0.25) is 0 Å². The maximum Gasteiger partial charge on any atom is 0.290 e. The van der Waals surface area contributed by atoms with Crippen LogP contribution < -0.4 is 5.32 Å². The van der Waals surface area contributed by atoms with E-state index in [9.17, 15) is 8.78 Å². The van der Waals surface area contributed by atoms with Gasteiger partial charge in [0.2, 0.25) is 0 Å². The molecule has 22 heavy (non-hydrogen) atoms. The van der Waals surface area contributed by atoms with Crippen LogP contribution in [-0.2, 0) is 0 Å². The molecular formula is C18H30F2N2. The number of rotatable bonds is 8. The Morgan fingerprint density at radius 1 is 1.27 bits per heavy atom. The zero-order chi connectivity index (χ0) is 16.8. The van der Waals surface area contributed by atoms with Crippen LogP contribution in [0.3, 0.4) is 0 Å². The molecule has 1 rings (SSSR count). The maximum atomic E-state index is 14.9. The number of hydrogen-bond acceptors (Lipinski definition) is 2. The Bertz CT molecular complexity index is 405. The van der Waals surface area contributed by atoms with E-state index in [0.717, 1.165) is 25.9 Å². The van der Waals surface area contributed by atoms with Crippen molar-refractivity contribution in [1.29, 1.82) is 0 Å².